The van der Waals surface area contributed by atoms with E-state index < -0.39 is 0 Å². The molecule has 2 rings (SSSR count). The summed E-state index contributed by atoms with van der Waals surface area (Å²) < 4.78 is 0. The topological polar surface area (TPSA) is 58.4 Å². The van der Waals surface area contributed by atoms with E-state index in [0.717, 1.165) is 43.7 Å². The largest absolute Gasteiger partial charge is 0.399 e. The van der Waals surface area contributed by atoms with Crippen LogP contribution in [0.3, 0.4) is 0 Å². The summed E-state index contributed by atoms with van der Waals surface area (Å²) in [5.74, 6) is 0. The van der Waals surface area contributed by atoms with Crippen molar-refractivity contribution in [2.75, 3.05) is 25.4 Å². The maximum Gasteiger partial charge on any atom is 0.317 e. The van der Waals surface area contributed by atoms with Gasteiger partial charge in [-0.2, -0.15) is 0 Å². The summed E-state index contributed by atoms with van der Waals surface area (Å²) in [7, 11) is 0. The van der Waals surface area contributed by atoms with Gasteiger partial charge in [-0.25, -0.2) is 4.79 Å². The SMILES string of the molecule is Nc1ccccc1CCN1CCCNC1=O. The molecular weight excluding hydrogens is 202 g/mol. The molecule has 1 saturated heterocycles. The minimum Gasteiger partial charge on any atom is -0.399 e. The van der Waals surface area contributed by atoms with Gasteiger partial charge in [-0.05, 0) is 24.5 Å². The van der Waals surface area contributed by atoms with Gasteiger partial charge in [0.05, 0.1) is 0 Å². The average Bonchev–Trinajstić information content (AvgIpc) is 2.30. The Morgan fingerprint density at radius 1 is 1.38 bits per heavy atom. The molecular formula is C12H17N3O. The van der Waals surface area contributed by atoms with E-state index in [4.69, 9.17) is 5.73 Å². The van der Waals surface area contributed by atoms with Crippen LogP contribution in [0.2, 0.25) is 0 Å². The van der Waals surface area contributed by atoms with Gasteiger partial charge in [-0.1, -0.05) is 18.2 Å². The van der Waals surface area contributed by atoms with Crippen molar-refractivity contribution in [3.8, 4) is 0 Å². The number of nitrogens with one attached hydrogen (secondary N) is 1. The Bertz CT molecular complexity index is 378. The predicted octanol–water partition coefficient (Wildman–Crippen LogP) is 1.23. The molecule has 4 heteroatoms. The number of urea groups is 1. The summed E-state index contributed by atoms with van der Waals surface area (Å²) in [4.78, 5) is 13.3. The Balaban J connectivity index is 1.92. The Labute approximate surface area is 95.4 Å². The van der Waals surface area contributed by atoms with Crippen molar-refractivity contribution in [2.45, 2.75) is 12.8 Å². The Morgan fingerprint density at radius 3 is 2.94 bits per heavy atom. The second-order valence-electron chi connectivity index (χ2n) is 4.02. The summed E-state index contributed by atoms with van der Waals surface area (Å²) in [6.07, 6.45) is 1.84. The van der Waals surface area contributed by atoms with E-state index in [9.17, 15) is 4.79 Å². The first-order valence-corrected chi connectivity index (χ1v) is 5.63. The monoisotopic (exact) mass is 219 g/mol. The molecule has 1 fully saturated rings. The van der Waals surface area contributed by atoms with Crippen LogP contribution in [0.25, 0.3) is 0 Å². The third-order valence-electron chi connectivity index (χ3n) is 2.87. The van der Waals surface area contributed by atoms with Gasteiger partial charge < -0.3 is 16.0 Å². The van der Waals surface area contributed by atoms with Gasteiger partial charge in [0.2, 0.25) is 0 Å². The number of rotatable bonds is 3. The molecule has 1 aliphatic heterocycles. The first-order chi connectivity index (χ1) is 7.77. The second-order valence-corrected chi connectivity index (χ2v) is 4.02. The number of amides is 2. The molecule has 1 aliphatic rings. The van der Waals surface area contributed by atoms with E-state index in [1.54, 1.807) is 0 Å². The zero-order valence-corrected chi connectivity index (χ0v) is 9.28. The predicted molar refractivity (Wildman–Crippen MR) is 64.1 cm³/mol. The summed E-state index contributed by atoms with van der Waals surface area (Å²) in [5.41, 5.74) is 7.77. The number of hydrogen-bond acceptors (Lipinski definition) is 2. The lowest BCUT2D eigenvalue weighted by atomic mass is 10.1. The van der Waals surface area contributed by atoms with Crippen molar-refractivity contribution in [1.82, 2.24) is 10.2 Å². The van der Waals surface area contributed by atoms with Gasteiger partial charge in [0, 0.05) is 25.3 Å². The minimum atomic E-state index is 0.0424. The number of carbonyl (C=O) groups is 1. The fraction of sp³-hybridized carbons (Fsp3) is 0.417. The van der Waals surface area contributed by atoms with Crippen LogP contribution in [0.1, 0.15) is 12.0 Å². The van der Waals surface area contributed by atoms with Crippen LogP contribution in [0.15, 0.2) is 24.3 Å². The number of nitrogen functional groups attached to an aromatic ring is 1. The van der Waals surface area contributed by atoms with E-state index in [0.29, 0.717) is 0 Å². The highest BCUT2D eigenvalue weighted by molar-refractivity contribution is 5.74. The van der Waals surface area contributed by atoms with E-state index in [2.05, 4.69) is 5.32 Å². The van der Waals surface area contributed by atoms with Crippen LogP contribution < -0.4 is 11.1 Å². The Morgan fingerprint density at radius 2 is 2.19 bits per heavy atom. The lowest BCUT2D eigenvalue weighted by Crippen LogP contribution is -2.47. The van der Waals surface area contributed by atoms with E-state index in [1.807, 2.05) is 29.2 Å². The number of benzene rings is 1. The standard InChI is InChI=1S/C12H17N3O/c13-11-5-2-1-4-10(11)6-9-15-8-3-7-14-12(15)16/h1-2,4-5H,3,6-9,13H2,(H,14,16). The molecule has 0 aromatic heterocycles. The summed E-state index contributed by atoms with van der Waals surface area (Å²) in [5, 5.41) is 2.84. The number of para-hydroxylation sites is 1. The van der Waals surface area contributed by atoms with Gasteiger partial charge in [0.25, 0.3) is 0 Å². The van der Waals surface area contributed by atoms with E-state index >= 15 is 0 Å². The van der Waals surface area contributed by atoms with Crippen LogP contribution in [0, 0.1) is 0 Å². The summed E-state index contributed by atoms with van der Waals surface area (Å²) in [6, 6.07) is 7.85. The van der Waals surface area contributed by atoms with Crippen LogP contribution in [-0.2, 0) is 6.42 Å². The molecule has 0 saturated carbocycles. The molecule has 3 N–H and O–H groups in total. The Hall–Kier alpha value is -1.71. The third-order valence-corrected chi connectivity index (χ3v) is 2.87. The van der Waals surface area contributed by atoms with Crippen molar-refractivity contribution in [3.63, 3.8) is 0 Å². The van der Waals surface area contributed by atoms with E-state index in [1.165, 1.54) is 0 Å². The number of carbonyl (C=O) groups excluding carboxylic acids is 1. The molecule has 0 radical (unpaired) electrons. The lowest BCUT2D eigenvalue weighted by molar-refractivity contribution is 0.187. The first kappa shape index (κ1) is 10.8. The number of hydrogen-bond donors (Lipinski definition) is 2. The van der Waals surface area contributed by atoms with Gasteiger partial charge >= 0.3 is 6.03 Å². The fourth-order valence-corrected chi connectivity index (χ4v) is 1.91. The average molecular weight is 219 g/mol. The summed E-state index contributed by atoms with van der Waals surface area (Å²) >= 11 is 0. The molecule has 0 aliphatic carbocycles. The molecule has 0 bridgehead atoms. The van der Waals surface area contributed by atoms with Gasteiger partial charge in [-0.3, -0.25) is 0 Å². The highest BCUT2D eigenvalue weighted by Gasteiger charge is 2.16. The molecule has 2 amide bonds. The normalized spacial score (nSPS) is 16.0. The lowest BCUT2D eigenvalue weighted by Gasteiger charge is -2.27. The first-order valence-electron chi connectivity index (χ1n) is 5.63. The molecule has 16 heavy (non-hydrogen) atoms. The van der Waals surface area contributed by atoms with Crippen molar-refractivity contribution in [2.24, 2.45) is 0 Å². The molecule has 0 atom stereocenters. The van der Waals surface area contributed by atoms with Crippen molar-refractivity contribution < 1.29 is 4.79 Å². The molecule has 1 aromatic rings. The molecule has 86 valence electrons. The zero-order chi connectivity index (χ0) is 11.4. The molecule has 1 heterocycles. The van der Waals surface area contributed by atoms with Crippen LogP contribution in [0.5, 0.6) is 0 Å². The highest BCUT2D eigenvalue weighted by Crippen LogP contribution is 2.12. The molecule has 4 nitrogen and oxygen atoms in total. The molecule has 0 spiro atoms. The van der Waals surface area contributed by atoms with Gasteiger partial charge in [0.1, 0.15) is 0 Å². The van der Waals surface area contributed by atoms with Crippen LogP contribution >= 0.6 is 0 Å². The number of nitrogens with zero attached hydrogens (tertiary/aromatic N) is 1. The maximum atomic E-state index is 11.5. The second kappa shape index (κ2) is 4.88. The van der Waals surface area contributed by atoms with E-state index in [-0.39, 0.29) is 6.03 Å². The molecule has 1 aromatic carbocycles. The molecule has 0 unspecified atom stereocenters. The number of nitrogens with two attached hydrogens (primary N) is 1. The van der Waals surface area contributed by atoms with Crippen molar-refractivity contribution >= 4 is 11.7 Å². The number of anilines is 1. The highest BCUT2D eigenvalue weighted by atomic mass is 16.2. The quantitative estimate of drug-likeness (QED) is 0.751. The zero-order valence-electron chi connectivity index (χ0n) is 9.28. The van der Waals surface area contributed by atoms with Gasteiger partial charge in [-0.15, -0.1) is 0 Å². The van der Waals surface area contributed by atoms with Gasteiger partial charge in [0.15, 0.2) is 0 Å². The fourth-order valence-electron chi connectivity index (χ4n) is 1.91. The Kier molecular flexibility index (Phi) is 3.29. The van der Waals surface area contributed by atoms with Crippen molar-refractivity contribution in [1.29, 1.82) is 0 Å². The minimum absolute atomic E-state index is 0.0424. The van der Waals surface area contributed by atoms with Crippen molar-refractivity contribution in [3.05, 3.63) is 29.8 Å². The van der Waals surface area contributed by atoms with Crippen LogP contribution in [0.4, 0.5) is 10.5 Å². The summed E-state index contributed by atoms with van der Waals surface area (Å²) in [6.45, 7) is 2.38. The third kappa shape index (κ3) is 2.45. The smallest absolute Gasteiger partial charge is 0.317 e. The maximum absolute atomic E-state index is 11.5. The van der Waals surface area contributed by atoms with Crippen LogP contribution in [-0.4, -0.2) is 30.6 Å².